The minimum atomic E-state index is -0.563. The van der Waals surface area contributed by atoms with E-state index in [2.05, 4.69) is 20.9 Å². The number of carbonyl (C=O) groups excluding carboxylic acids is 2. The number of halogens is 1. The monoisotopic (exact) mass is 461 g/mol. The highest BCUT2D eigenvalue weighted by Gasteiger charge is 2.25. The third kappa shape index (κ3) is 4.39. The first kappa shape index (κ1) is 19.8. The largest absolute Gasteiger partial charge is 0.422 e. The number of ether oxygens (including phenoxy) is 2. The lowest BCUT2D eigenvalue weighted by Gasteiger charge is -2.08. The summed E-state index contributed by atoms with van der Waals surface area (Å²) in [5.74, 6) is -0.498. The van der Waals surface area contributed by atoms with Gasteiger partial charge in [0.2, 0.25) is 5.90 Å². The highest BCUT2D eigenvalue weighted by atomic mass is 79.9. The molecular formula is C24H16BrNO4. The first-order chi connectivity index (χ1) is 14.5. The van der Waals surface area contributed by atoms with Crippen molar-refractivity contribution in [1.82, 2.24) is 0 Å². The van der Waals surface area contributed by atoms with Gasteiger partial charge in [-0.2, -0.15) is 0 Å². The van der Waals surface area contributed by atoms with Gasteiger partial charge in [0.1, 0.15) is 5.75 Å². The van der Waals surface area contributed by atoms with E-state index in [0.29, 0.717) is 16.9 Å². The molecule has 1 aliphatic rings. The van der Waals surface area contributed by atoms with E-state index in [9.17, 15) is 9.59 Å². The maximum atomic E-state index is 12.4. The van der Waals surface area contributed by atoms with Gasteiger partial charge in [-0.25, -0.2) is 14.6 Å². The second-order valence-electron chi connectivity index (χ2n) is 6.64. The normalized spacial score (nSPS) is 14.4. The van der Waals surface area contributed by atoms with Crippen molar-refractivity contribution in [2.45, 2.75) is 6.92 Å². The molecule has 0 bridgehead atoms. The van der Waals surface area contributed by atoms with Gasteiger partial charge >= 0.3 is 11.9 Å². The number of benzene rings is 3. The molecule has 5 nitrogen and oxygen atoms in total. The van der Waals surface area contributed by atoms with Gasteiger partial charge in [-0.3, -0.25) is 0 Å². The molecule has 3 aromatic rings. The smallest absolute Gasteiger partial charge is 0.363 e. The number of nitrogens with zero attached hydrogens (tertiary/aromatic N) is 1. The number of hydrogen-bond acceptors (Lipinski definition) is 5. The van der Waals surface area contributed by atoms with Crippen molar-refractivity contribution >= 4 is 39.8 Å². The van der Waals surface area contributed by atoms with E-state index >= 15 is 0 Å². The fourth-order valence-corrected chi connectivity index (χ4v) is 3.29. The summed E-state index contributed by atoms with van der Waals surface area (Å²) in [6.07, 6.45) is 1.55. The van der Waals surface area contributed by atoms with Crippen LogP contribution < -0.4 is 4.74 Å². The fourth-order valence-electron chi connectivity index (χ4n) is 2.92. The first-order valence-electron chi connectivity index (χ1n) is 9.16. The summed E-state index contributed by atoms with van der Waals surface area (Å²) in [5.41, 5.74) is 2.83. The number of carbonyl (C=O) groups is 2. The summed E-state index contributed by atoms with van der Waals surface area (Å²) in [4.78, 5) is 29.1. The van der Waals surface area contributed by atoms with Crippen LogP contribution in [0.25, 0.3) is 6.08 Å². The Balaban J connectivity index is 1.67. The molecular weight excluding hydrogens is 446 g/mol. The molecule has 0 saturated carbocycles. The Morgan fingerprint density at radius 1 is 1.03 bits per heavy atom. The summed E-state index contributed by atoms with van der Waals surface area (Å²) < 4.78 is 11.7. The van der Waals surface area contributed by atoms with Gasteiger partial charge in [0, 0.05) is 15.6 Å². The molecule has 30 heavy (non-hydrogen) atoms. The number of esters is 2. The van der Waals surface area contributed by atoms with E-state index in [1.165, 1.54) is 0 Å². The molecule has 4 rings (SSSR count). The third-order valence-corrected chi connectivity index (χ3v) is 4.85. The molecule has 0 aromatic heterocycles. The molecule has 0 saturated heterocycles. The zero-order chi connectivity index (χ0) is 21.1. The molecule has 0 fully saturated rings. The summed E-state index contributed by atoms with van der Waals surface area (Å²) in [5, 5.41) is 0. The molecule has 3 aromatic carbocycles. The SMILES string of the molecule is Cc1cccc(C2=N/C(=C/c3cc(Br)ccc3OC(=O)c3ccccc3)C(=O)O2)c1. The third-order valence-electron chi connectivity index (χ3n) is 4.36. The molecule has 148 valence electrons. The Bertz CT molecular complexity index is 1200. The number of aryl methyl sites for hydroxylation is 1. The first-order valence-corrected chi connectivity index (χ1v) is 9.95. The summed E-state index contributed by atoms with van der Waals surface area (Å²) >= 11 is 3.41. The van der Waals surface area contributed by atoms with Crippen LogP contribution in [-0.4, -0.2) is 17.8 Å². The highest BCUT2D eigenvalue weighted by molar-refractivity contribution is 9.10. The topological polar surface area (TPSA) is 65.0 Å². The average Bonchev–Trinajstić information content (AvgIpc) is 3.11. The van der Waals surface area contributed by atoms with E-state index in [-0.39, 0.29) is 11.6 Å². The molecule has 0 aliphatic carbocycles. The van der Waals surface area contributed by atoms with Crippen LogP contribution in [0.5, 0.6) is 5.75 Å². The second kappa shape index (κ2) is 8.47. The molecule has 6 heteroatoms. The Hall–Kier alpha value is -3.51. The lowest BCUT2D eigenvalue weighted by molar-refractivity contribution is -0.129. The summed E-state index contributed by atoms with van der Waals surface area (Å²) in [6.45, 7) is 1.95. The van der Waals surface area contributed by atoms with Crippen LogP contribution in [0.3, 0.4) is 0 Å². The van der Waals surface area contributed by atoms with Crippen LogP contribution in [0.2, 0.25) is 0 Å². The van der Waals surface area contributed by atoms with Crippen molar-refractivity contribution in [2.24, 2.45) is 4.99 Å². The van der Waals surface area contributed by atoms with Crippen LogP contribution in [0, 0.1) is 6.92 Å². The fraction of sp³-hybridized carbons (Fsp3) is 0.0417. The van der Waals surface area contributed by atoms with Crippen LogP contribution in [0.4, 0.5) is 0 Å². The lowest BCUT2D eigenvalue weighted by Crippen LogP contribution is -2.09. The minimum Gasteiger partial charge on any atom is -0.422 e. The van der Waals surface area contributed by atoms with E-state index in [1.54, 1.807) is 48.5 Å². The number of cyclic esters (lactones) is 1. The van der Waals surface area contributed by atoms with Gasteiger partial charge in [0.05, 0.1) is 5.56 Å². The Kier molecular flexibility index (Phi) is 5.59. The zero-order valence-electron chi connectivity index (χ0n) is 16.0. The van der Waals surface area contributed by atoms with Crippen molar-refractivity contribution in [1.29, 1.82) is 0 Å². The molecule has 0 spiro atoms. The van der Waals surface area contributed by atoms with Gasteiger partial charge < -0.3 is 9.47 Å². The zero-order valence-corrected chi connectivity index (χ0v) is 17.5. The number of rotatable bonds is 4. The molecule has 0 radical (unpaired) electrons. The molecule has 0 atom stereocenters. The molecule has 1 aliphatic heterocycles. The number of aliphatic imine (C=N–C) groups is 1. The van der Waals surface area contributed by atoms with E-state index in [4.69, 9.17) is 9.47 Å². The molecule has 0 N–H and O–H groups in total. The maximum Gasteiger partial charge on any atom is 0.363 e. The van der Waals surface area contributed by atoms with Gasteiger partial charge in [-0.15, -0.1) is 0 Å². The van der Waals surface area contributed by atoms with Gasteiger partial charge in [-0.05, 0) is 55.5 Å². The van der Waals surface area contributed by atoms with Gasteiger partial charge in [-0.1, -0.05) is 51.8 Å². The van der Waals surface area contributed by atoms with E-state index < -0.39 is 11.9 Å². The Morgan fingerprint density at radius 3 is 2.60 bits per heavy atom. The van der Waals surface area contributed by atoms with Crippen molar-refractivity contribution in [3.63, 3.8) is 0 Å². The summed E-state index contributed by atoms with van der Waals surface area (Å²) in [7, 11) is 0. The lowest BCUT2D eigenvalue weighted by atomic mass is 10.1. The standard InChI is InChI=1S/C24H16BrNO4/c1-15-6-5-9-17(12-15)22-26-20(24(28)30-22)14-18-13-19(25)10-11-21(18)29-23(27)16-7-3-2-4-8-16/h2-14H,1H3/b20-14+. The van der Waals surface area contributed by atoms with Crippen molar-refractivity contribution in [3.05, 3.63) is 105 Å². The van der Waals surface area contributed by atoms with Crippen LogP contribution >= 0.6 is 15.9 Å². The van der Waals surface area contributed by atoms with Crippen molar-refractivity contribution < 1.29 is 19.1 Å². The van der Waals surface area contributed by atoms with Crippen molar-refractivity contribution in [2.75, 3.05) is 0 Å². The molecule has 1 heterocycles. The van der Waals surface area contributed by atoms with Crippen LogP contribution in [0.1, 0.15) is 27.0 Å². The maximum absolute atomic E-state index is 12.4. The second-order valence-corrected chi connectivity index (χ2v) is 7.56. The Labute approximate surface area is 181 Å². The van der Waals surface area contributed by atoms with Gasteiger partial charge in [0.25, 0.3) is 0 Å². The van der Waals surface area contributed by atoms with E-state index in [0.717, 1.165) is 15.6 Å². The minimum absolute atomic E-state index is 0.126. The highest BCUT2D eigenvalue weighted by Crippen LogP contribution is 2.28. The molecule has 0 unspecified atom stereocenters. The predicted molar refractivity (Wildman–Crippen MR) is 117 cm³/mol. The molecule has 0 amide bonds. The summed E-state index contributed by atoms with van der Waals surface area (Å²) in [6, 6.07) is 21.4. The predicted octanol–water partition coefficient (Wildman–Crippen LogP) is 5.32. The average molecular weight is 462 g/mol. The van der Waals surface area contributed by atoms with Crippen LogP contribution in [-0.2, 0) is 9.53 Å². The van der Waals surface area contributed by atoms with Crippen molar-refractivity contribution in [3.8, 4) is 5.75 Å². The Morgan fingerprint density at radius 2 is 1.83 bits per heavy atom. The van der Waals surface area contributed by atoms with E-state index in [1.807, 2.05) is 37.3 Å². The van der Waals surface area contributed by atoms with Gasteiger partial charge in [0.15, 0.2) is 5.70 Å². The van der Waals surface area contributed by atoms with Crippen LogP contribution in [0.15, 0.2) is 88.0 Å². The number of hydrogen-bond donors (Lipinski definition) is 0. The quantitative estimate of drug-likeness (QED) is 0.299.